The molecule has 2 rings (SSSR count). The molecular weight excluding hydrogens is 370 g/mol. The lowest BCUT2D eigenvalue weighted by Gasteiger charge is -2.24. The Morgan fingerprint density at radius 3 is 2.33 bits per heavy atom. The maximum atomic E-state index is 13.3. The van der Waals surface area contributed by atoms with Crippen molar-refractivity contribution < 1.29 is 27.4 Å². The molecule has 0 spiro atoms. The van der Waals surface area contributed by atoms with E-state index in [-0.39, 0.29) is 17.3 Å². The Kier molecular flexibility index (Phi) is 6.68. The van der Waals surface area contributed by atoms with Gasteiger partial charge in [0.25, 0.3) is 10.0 Å². The topological polar surface area (TPSA) is 82.1 Å². The number of esters is 1. The van der Waals surface area contributed by atoms with E-state index in [4.69, 9.17) is 14.2 Å². The van der Waals surface area contributed by atoms with Gasteiger partial charge in [-0.05, 0) is 43.7 Å². The van der Waals surface area contributed by atoms with Gasteiger partial charge in [0.15, 0.2) is 11.5 Å². The summed E-state index contributed by atoms with van der Waals surface area (Å²) < 4.78 is 42.9. The van der Waals surface area contributed by atoms with Crippen LogP contribution in [0.3, 0.4) is 0 Å². The van der Waals surface area contributed by atoms with E-state index in [1.807, 2.05) is 13.0 Å². The van der Waals surface area contributed by atoms with Crippen molar-refractivity contribution >= 4 is 21.7 Å². The Morgan fingerprint density at radius 1 is 1.04 bits per heavy atom. The fraction of sp³-hybridized carbons (Fsp3) is 0.316. The predicted octanol–water partition coefficient (Wildman–Crippen LogP) is 2.77. The van der Waals surface area contributed by atoms with Crippen LogP contribution in [0.1, 0.15) is 12.5 Å². The highest BCUT2D eigenvalue weighted by atomic mass is 32.2. The van der Waals surface area contributed by atoms with Gasteiger partial charge in [0.2, 0.25) is 0 Å². The molecular formula is C19H23NO6S. The first-order valence-corrected chi connectivity index (χ1v) is 9.74. The van der Waals surface area contributed by atoms with Gasteiger partial charge < -0.3 is 14.2 Å². The molecule has 0 saturated heterocycles. The molecule has 0 aliphatic rings. The molecule has 0 saturated carbocycles. The largest absolute Gasteiger partial charge is 0.493 e. The summed E-state index contributed by atoms with van der Waals surface area (Å²) in [7, 11) is -1.16. The van der Waals surface area contributed by atoms with Gasteiger partial charge in [-0.3, -0.25) is 9.10 Å². The third-order valence-electron chi connectivity index (χ3n) is 3.81. The molecule has 7 nitrogen and oxygen atoms in total. The molecule has 0 aliphatic carbocycles. The second kappa shape index (κ2) is 8.77. The normalized spacial score (nSPS) is 11.0. The SMILES string of the molecule is CCOC(=O)CN(c1cccc(C)c1)S(=O)(=O)c1ccc(OC)c(OC)c1. The van der Waals surface area contributed by atoms with Gasteiger partial charge in [0, 0.05) is 6.07 Å². The standard InChI is InChI=1S/C19H23NO6S/c1-5-26-19(21)13-20(15-8-6-7-14(2)11-15)27(22,23)16-9-10-17(24-3)18(12-16)25-4/h6-12H,5,13H2,1-4H3. The highest BCUT2D eigenvalue weighted by Gasteiger charge is 2.28. The summed E-state index contributed by atoms with van der Waals surface area (Å²) in [5.74, 6) is 0.0471. The van der Waals surface area contributed by atoms with Crippen molar-refractivity contribution in [1.82, 2.24) is 0 Å². The minimum Gasteiger partial charge on any atom is -0.493 e. The van der Waals surface area contributed by atoms with Gasteiger partial charge in [0.1, 0.15) is 6.54 Å². The zero-order valence-corrected chi connectivity index (χ0v) is 16.6. The number of hydrogen-bond acceptors (Lipinski definition) is 6. The van der Waals surface area contributed by atoms with Crippen LogP contribution in [0.2, 0.25) is 0 Å². The van der Waals surface area contributed by atoms with E-state index in [0.29, 0.717) is 11.4 Å². The zero-order valence-electron chi connectivity index (χ0n) is 15.8. The molecule has 0 bridgehead atoms. The summed E-state index contributed by atoms with van der Waals surface area (Å²) in [5.41, 5.74) is 1.24. The molecule has 0 heterocycles. The molecule has 0 fully saturated rings. The number of sulfonamides is 1. The fourth-order valence-electron chi connectivity index (χ4n) is 2.53. The van der Waals surface area contributed by atoms with Crippen molar-refractivity contribution in [2.75, 3.05) is 31.7 Å². The minimum atomic E-state index is -4.04. The fourth-order valence-corrected chi connectivity index (χ4v) is 3.94. The molecule has 146 valence electrons. The molecule has 0 aromatic heterocycles. The summed E-state index contributed by atoms with van der Waals surface area (Å²) in [6.07, 6.45) is 0. The summed E-state index contributed by atoms with van der Waals surface area (Å²) in [6.45, 7) is 3.23. The number of nitrogens with zero attached hydrogens (tertiary/aromatic N) is 1. The third-order valence-corrected chi connectivity index (χ3v) is 5.58. The Hall–Kier alpha value is -2.74. The van der Waals surface area contributed by atoms with E-state index in [9.17, 15) is 13.2 Å². The second-order valence-electron chi connectivity index (χ2n) is 5.67. The molecule has 0 N–H and O–H groups in total. The van der Waals surface area contributed by atoms with E-state index in [1.165, 1.54) is 32.4 Å². The Bertz CT molecular complexity index is 910. The Labute approximate surface area is 159 Å². The summed E-state index contributed by atoms with van der Waals surface area (Å²) in [6, 6.07) is 11.2. The minimum absolute atomic E-state index is 0.0223. The highest BCUT2D eigenvalue weighted by molar-refractivity contribution is 7.92. The number of aryl methyl sites for hydroxylation is 1. The first-order chi connectivity index (χ1) is 12.8. The number of ether oxygens (including phenoxy) is 3. The lowest BCUT2D eigenvalue weighted by Crippen LogP contribution is -2.36. The summed E-state index contributed by atoms with van der Waals surface area (Å²) in [5, 5.41) is 0. The molecule has 0 radical (unpaired) electrons. The average molecular weight is 393 g/mol. The number of methoxy groups -OCH3 is 2. The number of rotatable bonds is 8. The third kappa shape index (κ3) is 4.71. The van der Waals surface area contributed by atoms with E-state index >= 15 is 0 Å². The van der Waals surface area contributed by atoms with E-state index in [0.717, 1.165) is 9.87 Å². The molecule has 0 unspecified atom stereocenters. The van der Waals surface area contributed by atoms with Crippen LogP contribution in [0.25, 0.3) is 0 Å². The lowest BCUT2D eigenvalue weighted by molar-refractivity contribution is -0.141. The molecule has 0 atom stereocenters. The maximum absolute atomic E-state index is 13.3. The number of anilines is 1. The van der Waals surface area contributed by atoms with Crippen molar-refractivity contribution in [1.29, 1.82) is 0 Å². The van der Waals surface area contributed by atoms with E-state index in [1.54, 1.807) is 25.1 Å². The summed E-state index contributed by atoms with van der Waals surface area (Å²) >= 11 is 0. The molecule has 27 heavy (non-hydrogen) atoms. The average Bonchev–Trinajstić information content (AvgIpc) is 2.65. The smallest absolute Gasteiger partial charge is 0.326 e. The van der Waals surface area contributed by atoms with Gasteiger partial charge >= 0.3 is 5.97 Å². The molecule has 0 amide bonds. The predicted molar refractivity (Wildman–Crippen MR) is 102 cm³/mol. The first kappa shape index (κ1) is 20.6. The Morgan fingerprint density at radius 2 is 1.74 bits per heavy atom. The van der Waals surface area contributed by atoms with Crippen LogP contribution in [0, 0.1) is 6.92 Å². The van der Waals surface area contributed by atoms with Crippen LogP contribution in [0.5, 0.6) is 11.5 Å². The Balaban J connectivity index is 2.54. The van der Waals surface area contributed by atoms with Crippen molar-refractivity contribution in [2.24, 2.45) is 0 Å². The summed E-state index contributed by atoms with van der Waals surface area (Å²) in [4.78, 5) is 12.0. The van der Waals surface area contributed by atoms with Gasteiger partial charge in [-0.1, -0.05) is 12.1 Å². The second-order valence-corrected chi connectivity index (χ2v) is 7.53. The molecule has 0 aliphatic heterocycles. The van der Waals surface area contributed by atoms with E-state index < -0.39 is 22.5 Å². The monoisotopic (exact) mass is 393 g/mol. The van der Waals surface area contributed by atoms with Crippen LogP contribution >= 0.6 is 0 Å². The van der Waals surface area contributed by atoms with Crippen molar-refractivity contribution in [3.05, 3.63) is 48.0 Å². The van der Waals surface area contributed by atoms with Crippen molar-refractivity contribution in [3.63, 3.8) is 0 Å². The zero-order chi connectivity index (χ0) is 20.0. The highest BCUT2D eigenvalue weighted by Crippen LogP contribution is 2.32. The van der Waals surface area contributed by atoms with Crippen molar-refractivity contribution in [3.8, 4) is 11.5 Å². The number of carbonyl (C=O) groups is 1. The molecule has 8 heteroatoms. The van der Waals surface area contributed by atoms with Crippen LogP contribution in [0.4, 0.5) is 5.69 Å². The first-order valence-electron chi connectivity index (χ1n) is 8.30. The van der Waals surface area contributed by atoms with Gasteiger partial charge in [0.05, 0.1) is 31.4 Å². The van der Waals surface area contributed by atoms with Gasteiger partial charge in [-0.2, -0.15) is 0 Å². The molecule has 2 aromatic carbocycles. The number of carbonyl (C=O) groups excluding carboxylic acids is 1. The lowest BCUT2D eigenvalue weighted by atomic mass is 10.2. The van der Waals surface area contributed by atoms with Gasteiger partial charge in [-0.15, -0.1) is 0 Å². The molecule has 2 aromatic rings. The maximum Gasteiger partial charge on any atom is 0.326 e. The number of hydrogen-bond donors (Lipinski definition) is 0. The van der Waals surface area contributed by atoms with Crippen LogP contribution < -0.4 is 13.8 Å². The van der Waals surface area contributed by atoms with Crippen LogP contribution in [-0.2, 0) is 19.6 Å². The van der Waals surface area contributed by atoms with Crippen LogP contribution in [0.15, 0.2) is 47.4 Å². The quantitative estimate of drug-likeness (QED) is 0.642. The van der Waals surface area contributed by atoms with Crippen molar-refractivity contribution in [2.45, 2.75) is 18.7 Å². The van der Waals surface area contributed by atoms with Crippen LogP contribution in [-0.4, -0.2) is 41.8 Å². The van der Waals surface area contributed by atoms with Gasteiger partial charge in [-0.25, -0.2) is 8.42 Å². The van der Waals surface area contributed by atoms with E-state index in [2.05, 4.69) is 0 Å². The number of benzene rings is 2.